The first-order chi connectivity index (χ1) is 11.8. The Morgan fingerprint density at radius 1 is 1.17 bits per heavy atom. The van der Waals surface area contributed by atoms with Gasteiger partial charge < -0.3 is 9.47 Å². The molecule has 1 aliphatic carbocycles. The van der Waals surface area contributed by atoms with Crippen molar-refractivity contribution in [2.45, 2.75) is 38.0 Å². The molecule has 0 atom stereocenters. The van der Waals surface area contributed by atoms with Crippen LogP contribution in [0, 0.1) is 5.92 Å². The summed E-state index contributed by atoms with van der Waals surface area (Å²) in [6.07, 6.45) is 7.88. The predicted octanol–water partition coefficient (Wildman–Crippen LogP) is 2.45. The number of ketones is 1. The van der Waals surface area contributed by atoms with Gasteiger partial charge in [0.05, 0.1) is 24.7 Å². The topological polar surface area (TPSA) is 74.2 Å². The fourth-order valence-electron chi connectivity index (χ4n) is 3.31. The number of Topliss-reactive ketones (excluding diaryl/α,β-unsaturated/α-hetero) is 1. The number of aromatic nitrogens is 3. The van der Waals surface area contributed by atoms with Gasteiger partial charge in [-0.25, -0.2) is 9.97 Å². The fraction of sp³-hybridized carbons (Fsp3) is 0.556. The highest BCUT2D eigenvalue weighted by Crippen LogP contribution is 2.34. The van der Waals surface area contributed by atoms with Crippen molar-refractivity contribution >= 4 is 16.8 Å². The van der Waals surface area contributed by atoms with E-state index in [4.69, 9.17) is 9.47 Å². The maximum Gasteiger partial charge on any atom is 0.241 e. The largest absolute Gasteiger partial charge is 0.479 e. The summed E-state index contributed by atoms with van der Waals surface area (Å²) < 4.78 is 10.8. The summed E-state index contributed by atoms with van der Waals surface area (Å²) in [5.41, 5.74) is 3.28. The Hall–Kier alpha value is -2.08. The molecular formula is C18H21N3O3. The molecule has 0 radical (unpaired) electrons. The van der Waals surface area contributed by atoms with Gasteiger partial charge >= 0.3 is 0 Å². The van der Waals surface area contributed by atoms with Gasteiger partial charge in [-0.15, -0.1) is 0 Å². The summed E-state index contributed by atoms with van der Waals surface area (Å²) in [6.45, 7) is 1.53. The number of pyridine rings is 1. The Balaban J connectivity index is 1.72. The number of methoxy groups -OCH3 is 1. The normalized spacial score (nSPS) is 18.7. The zero-order valence-corrected chi connectivity index (χ0v) is 13.8. The molecule has 2 fully saturated rings. The lowest BCUT2D eigenvalue weighted by atomic mass is 9.92. The Morgan fingerprint density at radius 3 is 2.67 bits per heavy atom. The van der Waals surface area contributed by atoms with E-state index < -0.39 is 0 Å². The summed E-state index contributed by atoms with van der Waals surface area (Å²) in [5, 5.41) is 0. The highest BCUT2D eigenvalue weighted by molar-refractivity contribution is 5.86. The second-order valence-electron chi connectivity index (χ2n) is 6.59. The number of carbonyl (C=O) groups excluding carboxylic acids is 1. The maximum atomic E-state index is 12.1. The molecule has 0 amide bonds. The first kappa shape index (κ1) is 15.4. The highest BCUT2D eigenvalue weighted by Gasteiger charge is 2.30. The molecule has 6 heteroatoms. The van der Waals surface area contributed by atoms with Gasteiger partial charge in [-0.3, -0.25) is 9.78 Å². The Kier molecular flexibility index (Phi) is 4.14. The van der Waals surface area contributed by atoms with Crippen LogP contribution in [0.1, 0.15) is 42.9 Å². The van der Waals surface area contributed by atoms with Crippen molar-refractivity contribution in [3.05, 3.63) is 23.7 Å². The van der Waals surface area contributed by atoms with Crippen LogP contribution < -0.4 is 4.74 Å². The molecule has 2 aromatic heterocycles. The van der Waals surface area contributed by atoms with E-state index in [1.54, 1.807) is 13.3 Å². The van der Waals surface area contributed by atoms with E-state index in [0.717, 1.165) is 50.0 Å². The molecular weight excluding hydrogens is 306 g/mol. The smallest absolute Gasteiger partial charge is 0.241 e. The average Bonchev–Trinajstić information content (AvgIpc) is 3.46. The van der Waals surface area contributed by atoms with Crippen molar-refractivity contribution in [3.8, 4) is 5.88 Å². The van der Waals surface area contributed by atoms with E-state index in [-0.39, 0.29) is 11.7 Å². The SMILES string of the molecule is COc1ncc(C2CCOCC2)c2ncc(CC(=O)C3CC3)nc12. The number of hydrogen-bond acceptors (Lipinski definition) is 6. The lowest BCUT2D eigenvalue weighted by Gasteiger charge is -2.23. The van der Waals surface area contributed by atoms with Gasteiger partial charge in [0.2, 0.25) is 5.88 Å². The number of hydrogen-bond donors (Lipinski definition) is 0. The summed E-state index contributed by atoms with van der Waals surface area (Å²) in [5.74, 6) is 1.34. The Bertz CT molecular complexity index is 767. The van der Waals surface area contributed by atoms with Gasteiger partial charge in [-0.2, -0.15) is 0 Å². The van der Waals surface area contributed by atoms with Crippen LogP contribution in [0.3, 0.4) is 0 Å². The molecule has 0 spiro atoms. The van der Waals surface area contributed by atoms with E-state index >= 15 is 0 Å². The van der Waals surface area contributed by atoms with E-state index in [9.17, 15) is 4.79 Å². The molecule has 0 N–H and O–H groups in total. The van der Waals surface area contributed by atoms with Crippen LogP contribution in [0.2, 0.25) is 0 Å². The van der Waals surface area contributed by atoms with Gasteiger partial charge in [0.1, 0.15) is 5.78 Å². The summed E-state index contributed by atoms with van der Waals surface area (Å²) >= 11 is 0. The van der Waals surface area contributed by atoms with E-state index in [1.807, 2.05) is 6.20 Å². The number of carbonyl (C=O) groups is 1. The van der Waals surface area contributed by atoms with Crippen LogP contribution in [0.5, 0.6) is 5.88 Å². The molecule has 126 valence electrons. The molecule has 1 saturated carbocycles. The van der Waals surface area contributed by atoms with Gasteiger partial charge in [0.15, 0.2) is 5.52 Å². The van der Waals surface area contributed by atoms with Crippen molar-refractivity contribution in [1.29, 1.82) is 0 Å². The lowest BCUT2D eigenvalue weighted by Crippen LogP contribution is -2.15. The summed E-state index contributed by atoms with van der Waals surface area (Å²) in [4.78, 5) is 25.7. The van der Waals surface area contributed by atoms with Gasteiger partial charge in [-0.1, -0.05) is 0 Å². The third kappa shape index (κ3) is 2.98. The molecule has 6 nitrogen and oxygen atoms in total. The van der Waals surface area contributed by atoms with Crippen LogP contribution in [-0.4, -0.2) is 41.1 Å². The van der Waals surface area contributed by atoms with Crippen molar-refractivity contribution in [2.75, 3.05) is 20.3 Å². The maximum absolute atomic E-state index is 12.1. The number of rotatable bonds is 5. The molecule has 1 aliphatic heterocycles. The van der Waals surface area contributed by atoms with E-state index in [0.29, 0.717) is 29.4 Å². The minimum Gasteiger partial charge on any atom is -0.479 e. The first-order valence-electron chi connectivity index (χ1n) is 8.55. The molecule has 2 aliphatic rings. The van der Waals surface area contributed by atoms with Crippen molar-refractivity contribution in [2.24, 2.45) is 5.92 Å². The van der Waals surface area contributed by atoms with Crippen LogP contribution in [0.25, 0.3) is 11.0 Å². The molecule has 4 rings (SSSR count). The monoisotopic (exact) mass is 327 g/mol. The molecule has 1 saturated heterocycles. The zero-order valence-electron chi connectivity index (χ0n) is 13.8. The third-order valence-corrected chi connectivity index (χ3v) is 4.86. The van der Waals surface area contributed by atoms with E-state index in [1.165, 1.54) is 0 Å². The first-order valence-corrected chi connectivity index (χ1v) is 8.55. The fourth-order valence-corrected chi connectivity index (χ4v) is 3.31. The van der Waals surface area contributed by atoms with Gasteiger partial charge in [0.25, 0.3) is 0 Å². The third-order valence-electron chi connectivity index (χ3n) is 4.86. The van der Waals surface area contributed by atoms with Crippen LogP contribution in [0.4, 0.5) is 0 Å². The number of ether oxygens (including phenoxy) is 2. The highest BCUT2D eigenvalue weighted by atomic mass is 16.5. The van der Waals surface area contributed by atoms with Crippen LogP contribution in [-0.2, 0) is 16.0 Å². The molecule has 2 aromatic rings. The minimum absolute atomic E-state index is 0.232. The number of nitrogens with zero attached hydrogens (tertiary/aromatic N) is 3. The molecule has 0 unspecified atom stereocenters. The molecule has 0 aromatic carbocycles. The van der Waals surface area contributed by atoms with Gasteiger partial charge in [0, 0.05) is 37.1 Å². The Labute approximate surface area is 140 Å². The molecule has 24 heavy (non-hydrogen) atoms. The predicted molar refractivity (Wildman–Crippen MR) is 88.1 cm³/mol. The van der Waals surface area contributed by atoms with Crippen molar-refractivity contribution in [3.63, 3.8) is 0 Å². The van der Waals surface area contributed by atoms with Crippen LogP contribution >= 0.6 is 0 Å². The van der Waals surface area contributed by atoms with Crippen LogP contribution in [0.15, 0.2) is 12.4 Å². The van der Waals surface area contributed by atoms with Crippen molar-refractivity contribution in [1.82, 2.24) is 15.0 Å². The second kappa shape index (κ2) is 6.43. The lowest BCUT2D eigenvalue weighted by molar-refractivity contribution is -0.119. The standard InChI is InChI=1S/C18H21N3O3/c1-23-18-17-16(14(10-20-18)11-4-6-24-7-5-11)19-9-13(21-17)8-15(22)12-2-3-12/h9-12H,2-8H2,1H3. The molecule has 0 bridgehead atoms. The molecule has 3 heterocycles. The van der Waals surface area contributed by atoms with Crippen molar-refractivity contribution < 1.29 is 14.3 Å². The quantitative estimate of drug-likeness (QED) is 0.840. The summed E-state index contributed by atoms with van der Waals surface area (Å²) in [6, 6.07) is 0. The second-order valence-corrected chi connectivity index (χ2v) is 6.59. The van der Waals surface area contributed by atoms with Gasteiger partial charge in [-0.05, 0) is 31.6 Å². The zero-order chi connectivity index (χ0) is 16.5. The Morgan fingerprint density at radius 2 is 1.96 bits per heavy atom. The number of fused-ring (bicyclic) bond motifs is 1. The van der Waals surface area contributed by atoms with E-state index in [2.05, 4.69) is 15.0 Å². The minimum atomic E-state index is 0.232. The average molecular weight is 327 g/mol. The summed E-state index contributed by atoms with van der Waals surface area (Å²) in [7, 11) is 1.58.